The Labute approximate surface area is 119 Å². The Morgan fingerprint density at radius 1 is 1.42 bits per heavy atom. The maximum Gasteiger partial charge on any atom is 0.202 e. The summed E-state index contributed by atoms with van der Waals surface area (Å²) < 4.78 is 4.44. The molecule has 2 unspecified atom stereocenters. The first kappa shape index (κ1) is 13.3. The SMILES string of the molecule is CC(C)Cc1nsc(NC2CC(C)N(C3CC3)C2)n1. The van der Waals surface area contributed by atoms with Crippen LogP contribution < -0.4 is 5.32 Å². The number of anilines is 1. The summed E-state index contributed by atoms with van der Waals surface area (Å²) in [4.78, 5) is 7.26. The first-order valence-electron chi connectivity index (χ1n) is 7.46. The minimum Gasteiger partial charge on any atom is -0.356 e. The molecule has 1 aromatic heterocycles. The fourth-order valence-electron chi connectivity index (χ4n) is 3.01. The van der Waals surface area contributed by atoms with E-state index in [4.69, 9.17) is 0 Å². The lowest BCUT2D eigenvalue weighted by atomic mass is 10.1. The lowest BCUT2D eigenvalue weighted by Crippen LogP contribution is -2.30. The van der Waals surface area contributed by atoms with Gasteiger partial charge < -0.3 is 5.32 Å². The normalized spacial score (nSPS) is 28.2. The maximum atomic E-state index is 4.60. The molecule has 1 aliphatic carbocycles. The minimum atomic E-state index is 0.551. The largest absolute Gasteiger partial charge is 0.356 e. The van der Waals surface area contributed by atoms with Crippen molar-refractivity contribution < 1.29 is 0 Å². The average Bonchev–Trinajstić information content (AvgIpc) is 2.99. The van der Waals surface area contributed by atoms with E-state index in [9.17, 15) is 0 Å². The van der Waals surface area contributed by atoms with Crippen LogP contribution in [-0.4, -0.2) is 38.9 Å². The molecule has 1 aromatic rings. The molecule has 2 atom stereocenters. The van der Waals surface area contributed by atoms with Gasteiger partial charge in [-0.05, 0) is 32.1 Å². The molecule has 0 spiro atoms. The average molecular weight is 280 g/mol. The summed E-state index contributed by atoms with van der Waals surface area (Å²) in [7, 11) is 0. The monoisotopic (exact) mass is 280 g/mol. The molecule has 0 amide bonds. The Morgan fingerprint density at radius 2 is 2.21 bits per heavy atom. The quantitative estimate of drug-likeness (QED) is 0.900. The zero-order valence-corrected chi connectivity index (χ0v) is 12.9. The van der Waals surface area contributed by atoms with Crippen molar-refractivity contribution in [1.82, 2.24) is 14.3 Å². The highest BCUT2D eigenvalue weighted by Crippen LogP contribution is 2.34. The smallest absolute Gasteiger partial charge is 0.202 e. The number of hydrogen-bond acceptors (Lipinski definition) is 5. The molecule has 106 valence electrons. The van der Waals surface area contributed by atoms with Crippen LogP contribution in [0.25, 0.3) is 0 Å². The van der Waals surface area contributed by atoms with Gasteiger partial charge in [0.15, 0.2) is 0 Å². The van der Waals surface area contributed by atoms with Crippen molar-refractivity contribution in [3.8, 4) is 0 Å². The Kier molecular flexibility index (Phi) is 3.76. The van der Waals surface area contributed by atoms with Crippen LogP contribution in [0.4, 0.5) is 5.13 Å². The van der Waals surface area contributed by atoms with Crippen LogP contribution in [0.15, 0.2) is 0 Å². The van der Waals surface area contributed by atoms with Crippen LogP contribution in [0.2, 0.25) is 0 Å². The van der Waals surface area contributed by atoms with Gasteiger partial charge in [-0.1, -0.05) is 13.8 Å². The van der Waals surface area contributed by atoms with E-state index >= 15 is 0 Å². The molecule has 0 aromatic carbocycles. The molecule has 19 heavy (non-hydrogen) atoms. The minimum absolute atomic E-state index is 0.551. The number of likely N-dealkylation sites (tertiary alicyclic amines) is 1. The molecule has 4 nitrogen and oxygen atoms in total. The number of nitrogens with one attached hydrogen (secondary N) is 1. The predicted octanol–water partition coefficient (Wildman–Crippen LogP) is 2.77. The van der Waals surface area contributed by atoms with Gasteiger partial charge in [0.25, 0.3) is 0 Å². The number of hydrogen-bond donors (Lipinski definition) is 1. The first-order chi connectivity index (χ1) is 9.11. The molecular weight excluding hydrogens is 256 g/mol. The fourth-order valence-corrected chi connectivity index (χ4v) is 3.68. The van der Waals surface area contributed by atoms with Crippen LogP contribution in [-0.2, 0) is 6.42 Å². The Balaban J connectivity index is 1.55. The van der Waals surface area contributed by atoms with E-state index in [0.29, 0.717) is 18.0 Å². The summed E-state index contributed by atoms with van der Waals surface area (Å²) in [5.41, 5.74) is 0. The van der Waals surface area contributed by atoms with Crippen LogP contribution in [0.3, 0.4) is 0 Å². The van der Waals surface area contributed by atoms with Crippen LogP contribution in [0.1, 0.15) is 45.9 Å². The van der Waals surface area contributed by atoms with E-state index in [0.717, 1.165) is 23.4 Å². The Bertz CT molecular complexity index is 427. The van der Waals surface area contributed by atoms with Crippen molar-refractivity contribution in [1.29, 1.82) is 0 Å². The topological polar surface area (TPSA) is 41.1 Å². The van der Waals surface area contributed by atoms with Crippen molar-refractivity contribution in [2.75, 3.05) is 11.9 Å². The lowest BCUT2D eigenvalue weighted by molar-refractivity contribution is 0.257. The summed E-state index contributed by atoms with van der Waals surface area (Å²) in [5, 5.41) is 4.59. The standard InChI is InChI=1S/C14H24N4S/c1-9(2)6-13-16-14(19-17-13)15-11-7-10(3)18(8-11)12-4-5-12/h9-12H,4-8H2,1-3H3,(H,15,16,17). The number of rotatable bonds is 5. The van der Waals surface area contributed by atoms with Gasteiger partial charge in [-0.15, -0.1) is 0 Å². The summed E-state index contributed by atoms with van der Waals surface area (Å²) in [6, 6.07) is 2.14. The second-order valence-electron chi connectivity index (χ2n) is 6.47. The van der Waals surface area contributed by atoms with Crippen molar-refractivity contribution in [2.24, 2.45) is 5.92 Å². The predicted molar refractivity (Wildman–Crippen MR) is 79.7 cm³/mol. The summed E-state index contributed by atoms with van der Waals surface area (Å²) in [6.07, 6.45) is 5.01. The van der Waals surface area contributed by atoms with E-state index in [1.54, 1.807) is 0 Å². The van der Waals surface area contributed by atoms with Crippen molar-refractivity contribution in [3.63, 3.8) is 0 Å². The van der Waals surface area contributed by atoms with Crippen LogP contribution in [0.5, 0.6) is 0 Å². The fraction of sp³-hybridized carbons (Fsp3) is 0.857. The molecule has 1 aliphatic heterocycles. The van der Waals surface area contributed by atoms with Gasteiger partial charge in [0.2, 0.25) is 5.13 Å². The first-order valence-corrected chi connectivity index (χ1v) is 8.24. The van der Waals surface area contributed by atoms with E-state index in [2.05, 4.69) is 40.3 Å². The molecule has 2 fully saturated rings. The molecule has 3 rings (SSSR count). The zero-order chi connectivity index (χ0) is 13.4. The van der Waals surface area contributed by atoms with Crippen molar-refractivity contribution in [3.05, 3.63) is 5.82 Å². The van der Waals surface area contributed by atoms with Gasteiger partial charge in [-0.2, -0.15) is 4.37 Å². The second kappa shape index (κ2) is 5.37. The van der Waals surface area contributed by atoms with E-state index in [1.807, 2.05) is 0 Å². The van der Waals surface area contributed by atoms with E-state index in [1.165, 1.54) is 37.3 Å². The molecular formula is C14H24N4S. The molecule has 2 heterocycles. The van der Waals surface area contributed by atoms with Gasteiger partial charge in [-0.3, -0.25) is 4.90 Å². The summed E-state index contributed by atoms with van der Waals surface area (Å²) in [6.45, 7) is 7.94. The Hall–Kier alpha value is -0.680. The molecule has 1 saturated carbocycles. The third kappa shape index (κ3) is 3.26. The number of aromatic nitrogens is 2. The molecule has 0 bridgehead atoms. The van der Waals surface area contributed by atoms with Gasteiger partial charge in [0, 0.05) is 42.6 Å². The maximum absolute atomic E-state index is 4.60. The molecule has 2 aliphatic rings. The van der Waals surface area contributed by atoms with E-state index < -0.39 is 0 Å². The van der Waals surface area contributed by atoms with Crippen molar-refractivity contribution >= 4 is 16.7 Å². The third-order valence-corrected chi connectivity index (χ3v) is 4.71. The summed E-state index contributed by atoms with van der Waals surface area (Å²) in [5.74, 6) is 1.62. The highest BCUT2D eigenvalue weighted by Gasteiger charge is 2.38. The van der Waals surface area contributed by atoms with Crippen LogP contribution >= 0.6 is 11.5 Å². The van der Waals surface area contributed by atoms with Gasteiger partial charge >= 0.3 is 0 Å². The highest BCUT2D eigenvalue weighted by atomic mass is 32.1. The van der Waals surface area contributed by atoms with E-state index in [-0.39, 0.29) is 0 Å². The summed E-state index contributed by atoms with van der Waals surface area (Å²) >= 11 is 1.51. The van der Waals surface area contributed by atoms with Gasteiger partial charge in [0.1, 0.15) is 5.82 Å². The lowest BCUT2D eigenvalue weighted by Gasteiger charge is -2.19. The Morgan fingerprint density at radius 3 is 2.89 bits per heavy atom. The highest BCUT2D eigenvalue weighted by molar-refractivity contribution is 7.09. The molecule has 1 saturated heterocycles. The second-order valence-corrected chi connectivity index (χ2v) is 7.22. The van der Waals surface area contributed by atoms with Crippen LogP contribution in [0, 0.1) is 5.92 Å². The zero-order valence-electron chi connectivity index (χ0n) is 12.1. The third-order valence-electron chi connectivity index (χ3n) is 4.03. The molecule has 0 radical (unpaired) electrons. The molecule has 1 N–H and O–H groups in total. The molecule has 5 heteroatoms. The van der Waals surface area contributed by atoms with Gasteiger partial charge in [0.05, 0.1) is 0 Å². The van der Waals surface area contributed by atoms with Gasteiger partial charge in [-0.25, -0.2) is 4.98 Å². The number of nitrogens with zero attached hydrogens (tertiary/aromatic N) is 3. The van der Waals surface area contributed by atoms with Crippen molar-refractivity contribution in [2.45, 2.75) is 64.6 Å².